The van der Waals surface area contributed by atoms with Gasteiger partial charge in [0.05, 0.1) is 18.0 Å². The number of hydrogen-bond donors (Lipinski definition) is 0. The fraction of sp³-hybridized carbons (Fsp3) is 0.250. The Morgan fingerprint density at radius 2 is 1.76 bits per heavy atom. The second-order valence-corrected chi connectivity index (χ2v) is 7.01. The van der Waals surface area contributed by atoms with Crippen molar-refractivity contribution >= 4 is 29.1 Å². The van der Waals surface area contributed by atoms with Crippen LogP contribution in [0, 0.1) is 0 Å². The van der Waals surface area contributed by atoms with E-state index in [1.54, 1.807) is 11.1 Å². The van der Waals surface area contributed by atoms with Crippen molar-refractivity contribution in [3.05, 3.63) is 71.8 Å². The number of benzene rings is 2. The lowest BCUT2D eigenvalue weighted by Gasteiger charge is -2.15. The van der Waals surface area contributed by atoms with Crippen LogP contribution in [0.15, 0.2) is 70.9 Å². The van der Waals surface area contributed by atoms with Gasteiger partial charge in [0.15, 0.2) is 5.17 Å². The molecule has 4 nitrogen and oxygen atoms in total. The van der Waals surface area contributed by atoms with E-state index in [0.717, 1.165) is 24.0 Å². The molecule has 2 aromatic rings. The molecule has 1 heterocycles. The number of thioether (sulfide) groups is 1. The Labute approximate surface area is 152 Å². The van der Waals surface area contributed by atoms with E-state index in [4.69, 9.17) is 0 Å². The quantitative estimate of drug-likeness (QED) is 0.575. The molecule has 1 saturated heterocycles. The molecule has 0 unspecified atom stereocenters. The second-order valence-electron chi connectivity index (χ2n) is 5.84. The van der Waals surface area contributed by atoms with Gasteiger partial charge in [0.25, 0.3) is 0 Å². The third kappa shape index (κ3) is 4.57. The molecule has 25 heavy (non-hydrogen) atoms. The van der Waals surface area contributed by atoms with E-state index in [2.05, 4.69) is 17.1 Å². The van der Waals surface area contributed by atoms with E-state index in [1.807, 2.05) is 60.7 Å². The van der Waals surface area contributed by atoms with Gasteiger partial charge >= 0.3 is 0 Å². The highest BCUT2D eigenvalue weighted by atomic mass is 32.2. The standard InChI is InChI=1S/C20H21N3OS/c1-2-9-18-19(24)23(15-17-12-7-4-8-13-17)20(25-18)22-21-14-16-10-5-3-6-11-16/h3-8,10-14,18H,2,9,15H2,1H3/b21-14-,22-20-/t18-/m1/s1. The Morgan fingerprint density at radius 1 is 1.08 bits per heavy atom. The van der Waals surface area contributed by atoms with Gasteiger partial charge in [-0.25, -0.2) is 0 Å². The van der Waals surface area contributed by atoms with Crippen molar-refractivity contribution in [1.29, 1.82) is 0 Å². The minimum Gasteiger partial charge on any atom is -0.284 e. The van der Waals surface area contributed by atoms with Crippen molar-refractivity contribution in [2.45, 2.75) is 31.6 Å². The molecule has 0 spiro atoms. The van der Waals surface area contributed by atoms with Gasteiger partial charge in [0, 0.05) is 0 Å². The molecule has 0 saturated carbocycles. The van der Waals surface area contributed by atoms with Crippen LogP contribution in [0.25, 0.3) is 0 Å². The number of amidine groups is 1. The summed E-state index contributed by atoms with van der Waals surface area (Å²) in [6, 6.07) is 19.8. The van der Waals surface area contributed by atoms with E-state index in [-0.39, 0.29) is 11.2 Å². The summed E-state index contributed by atoms with van der Waals surface area (Å²) in [6.45, 7) is 2.63. The van der Waals surface area contributed by atoms with Crippen LogP contribution in [0.4, 0.5) is 0 Å². The van der Waals surface area contributed by atoms with Crippen molar-refractivity contribution in [2.24, 2.45) is 10.2 Å². The first-order valence-corrected chi connectivity index (χ1v) is 9.34. The number of amides is 1. The molecule has 2 aromatic carbocycles. The number of carbonyl (C=O) groups is 1. The average Bonchev–Trinajstić information content (AvgIpc) is 2.93. The molecule has 0 N–H and O–H groups in total. The van der Waals surface area contributed by atoms with Crippen LogP contribution < -0.4 is 0 Å². The largest absolute Gasteiger partial charge is 0.284 e. The van der Waals surface area contributed by atoms with Crippen LogP contribution in [-0.2, 0) is 11.3 Å². The molecule has 0 aromatic heterocycles. The predicted molar refractivity (Wildman–Crippen MR) is 105 cm³/mol. The number of rotatable bonds is 6. The van der Waals surface area contributed by atoms with E-state index in [1.165, 1.54) is 11.8 Å². The van der Waals surface area contributed by atoms with Crippen LogP contribution in [-0.4, -0.2) is 27.4 Å². The summed E-state index contributed by atoms with van der Waals surface area (Å²) in [5.41, 5.74) is 2.08. The Morgan fingerprint density at radius 3 is 2.44 bits per heavy atom. The zero-order valence-electron chi connectivity index (χ0n) is 14.2. The van der Waals surface area contributed by atoms with Gasteiger partial charge in [-0.1, -0.05) is 85.8 Å². The van der Waals surface area contributed by atoms with Crippen LogP contribution >= 0.6 is 11.8 Å². The lowest BCUT2D eigenvalue weighted by atomic mass is 10.2. The van der Waals surface area contributed by atoms with Gasteiger partial charge in [-0.15, -0.1) is 5.10 Å². The van der Waals surface area contributed by atoms with Gasteiger partial charge in [-0.3, -0.25) is 9.69 Å². The number of carbonyl (C=O) groups excluding carboxylic acids is 1. The molecule has 3 rings (SSSR count). The van der Waals surface area contributed by atoms with Gasteiger partial charge in [0.1, 0.15) is 0 Å². The third-order valence-corrected chi connectivity index (χ3v) is 5.14. The molecule has 1 atom stereocenters. The molecule has 128 valence electrons. The molecule has 1 amide bonds. The summed E-state index contributed by atoms with van der Waals surface area (Å²) < 4.78 is 0. The Kier molecular flexibility index (Phi) is 6.01. The minimum atomic E-state index is -0.0561. The monoisotopic (exact) mass is 351 g/mol. The Bertz CT molecular complexity index is 759. The van der Waals surface area contributed by atoms with Gasteiger partial charge < -0.3 is 0 Å². The normalized spacial score (nSPS) is 19.2. The summed E-state index contributed by atoms with van der Waals surface area (Å²) in [6.07, 6.45) is 3.55. The molecular formula is C20H21N3OS. The highest BCUT2D eigenvalue weighted by Gasteiger charge is 2.37. The maximum Gasteiger partial charge on any atom is 0.242 e. The fourth-order valence-electron chi connectivity index (χ4n) is 2.63. The summed E-state index contributed by atoms with van der Waals surface area (Å²) >= 11 is 1.52. The van der Waals surface area contributed by atoms with Crippen molar-refractivity contribution in [3.63, 3.8) is 0 Å². The van der Waals surface area contributed by atoms with Gasteiger partial charge in [-0.2, -0.15) is 5.10 Å². The van der Waals surface area contributed by atoms with Crippen molar-refractivity contribution in [2.75, 3.05) is 0 Å². The number of hydrogen-bond acceptors (Lipinski definition) is 4. The topological polar surface area (TPSA) is 45.0 Å². The fourth-order valence-corrected chi connectivity index (χ4v) is 3.84. The highest BCUT2D eigenvalue weighted by molar-refractivity contribution is 8.15. The van der Waals surface area contributed by atoms with Crippen LogP contribution in [0.3, 0.4) is 0 Å². The highest BCUT2D eigenvalue weighted by Crippen LogP contribution is 2.31. The summed E-state index contributed by atoms with van der Waals surface area (Å²) in [5.74, 6) is 0.129. The second kappa shape index (κ2) is 8.62. The molecule has 0 aliphatic carbocycles. The van der Waals surface area contributed by atoms with Crippen molar-refractivity contribution < 1.29 is 4.79 Å². The molecule has 0 bridgehead atoms. The summed E-state index contributed by atoms with van der Waals surface area (Å²) in [5, 5.41) is 9.15. The smallest absolute Gasteiger partial charge is 0.242 e. The van der Waals surface area contributed by atoms with E-state index >= 15 is 0 Å². The van der Waals surface area contributed by atoms with Crippen LogP contribution in [0.2, 0.25) is 0 Å². The maximum absolute atomic E-state index is 12.7. The molecule has 1 aliphatic heterocycles. The van der Waals surface area contributed by atoms with Gasteiger partial charge in [0.2, 0.25) is 5.91 Å². The van der Waals surface area contributed by atoms with Crippen LogP contribution in [0.5, 0.6) is 0 Å². The SMILES string of the molecule is CCC[C@H]1S/C(=N\N=C/c2ccccc2)N(Cc2ccccc2)C1=O. The molecule has 0 radical (unpaired) electrons. The predicted octanol–water partition coefficient (Wildman–Crippen LogP) is 4.32. The summed E-state index contributed by atoms with van der Waals surface area (Å²) in [7, 11) is 0. The Balaban J connectivity index is 1.79. The third-order valence-electron chi connectivity index (χ3n) is 3.90. The zero-order chi connectivity index (χ0) is 17.5. The first-order chi connectivity index (χ1) is 12.3. The molecule has 5 heteroatoms. The first-order valence-electron chi connectivity index (χ1n) is 8.46. The van der Waals surface area contributed by atoms with Crippen molar-refractivity contribution in [1.82, 2.24) is 4.90 Å². The van der Waals surface area contributed by atoms with Crippen molar-refractivity contribution in [3.8, 4) is 0 Å². The average molecular weight is 351 g/mol. The lowest BCUT2D eigenvalue weighted by molar-refractivity contribution is -0.126. The maximum atomic E-state index is 12.7. The molecular weight excluding hydrogens is 330 g/mol. The van der Waals surface area contributed by atoms with E-state index in [9.17, 15) is 4.79 Å². The molecule has 1 aliphatic rings. The van der Waals surface area contributed by atoms with Crippen LogP contribution in [0.1, 0.15) is 30.9 Å². The van der Waals surface area contributed by atoms with Gasteiger partial charge in [-0.05, 0) is 17.5 Å². The minimum absolute atomic E-state index is 0.0561. The van der Waals surface area contributed by atoms with E-state index < -0.39 is 0 Å². The number of nitrogens with zero attached hydrogens (tertiary/aromatic N) is 3. The lowest BCUT2D eigenvalue weighted by Crippen LogP contribution is -2.31. The Hall–Kier alpha value is -2.40. The summed E-state index contributed by atoms with van der Waals surface area (Å²) in [4.78, 5) is 14.5. The first kappa shape index (κ1) is 17.4. The van der Waals surface area contributed by atoms with E-state index in [0.29, 0.717) is 11.7 Å². The molecule has 1 fully saturated rings. The zero-order valence-corrected chi connectivity index (χ0v) is 15.0.